The van der Waals surface area contributed by atoms with Crippen LogP contribution in [-0.2, 0) is 6.54 Å². The maximum atomic E-state index is 12.0. The summed E-state index contributed by atoms with van der Waals surface area (Å²) in [5.41, 5.74) is 3.17. The molecule has 2 aromatic heterocycles. The summed E-state index contributed by atoms with van der Waals surface area (Å²) in [6.07, 6.45) is 2.03. The largest absolute Gasteiger partial charge is 0.493 e. The van der Waals surface area contributed by atoms with Crippen LogP contribution in [0.1, 0.15) is 30.3 Å². The van der Waals surface area contributed by atoms with Crippen molar-refractivity contribution in [3.63, 3.8) is 0 Å². The van der Waals surface area contributed by atoms with Gasteiger partial charge in [0, 0.05) is 28.4 Å². The zero-order valence-corrected chi connectivity index (χ0v) is 20.8. The molecule has 8 heteroatoms. The molecular weight excluding hydrogens is 488 g/mol. The van der Waals surface area contributed by atoms with Crippen LogP contribution in [-0.4, -0.2) is 42.0 Å². The Morgan fingerprint density at radius 1 is 1.00 bits per heavy atom. The highest BCUT2D eigenvalue weighted by Gasteiger charge is 2.22. The summed E-state index contributed by atoms with van der Waals surface area (Å²) < 4.78 is 18.7. The third kappa shape index (κ3) is 4.23. The minimum Gasteiger partial charge on any atom is -0.493 e. The molecule has 0 atom stereocenters. The Hall–Kier alpha value is -3.26. The number of para-hydroxylation sites is 1. The van der Waals surface area contributed by atoms with E-state index in [0.29, 0.717) is 28.5 Å². The van der Waals surface area contributed by atoms with Crippen molar-refractivity contribution >= 4 is 44.8 Å². The molecule has 0 unspecified atom stereocenters. The Kier molecular flexibility index (Phi) is 7.48. The van der Waals surface area contributed by atoms with Gasteiger partial charge in [0.05, 0.1) is 32.5 Å². The van der Waals surface area contributed by atoms with E-state index in [1.165, 1.54) is 0 Å². The molecule has 0 aliphatic heterocycles. The number of halogens is 1. The zero-order chi connectivity index (χ0) is 22.8. The van der Waals surface area contributed by atoms with Crippen LogP contribution in [0.3, 0.4) is 0 Å². The van der Waals surface area contributed by atoms with E-state index in [-0.39, 0.29) is 22.7 Å². The predicted molar refractivity (Wildman–Crippen MR) is 135 cm³/mol. The Bertz CT molecular complexity index is 1290. The second kappa shape index (κ2) is 10.1. The van der Waals surface area contributed by atoms with E-state index in [2.05, 4.69) is 22.5 Å². The molecule has 2 heterocycles. The second-order valence-electron chi connectivity index (χ2n) is 7.49. The van der Waals surface area contributed by atoms with Gasteiger partial charge in [0.15, 0.2) is 11.5 Å². The number of aromatic nitrogens is 2. The average molecular weight is 515 g/mol. The maximum Gasteiger partial charge on any atom is 0.354 e. The van der Waals surface area contributed by atoms with Gasteiger partial charge in [-0.1, -0.05) is 31.5 Å². The average Bonchev–Trinajstić information content (AvgIpc) is 3.14. The van der Waals surface area contributed by atoms with Gasteiger partial charge in [-0.15, -0.1) is 17.0 Å². The molecule has 0 aliphatic carbocycles. The van der Waals surface area contributed by atoms with Crippen LogP contribution < -0.4 is 14.2 Å². The van der Waals surface area contributed by atoms with Crippen molar-refractivity contribution in [1.82, 2.24) is 9.55 Å². The molecule has 0 saturated heterocycles. The van der Waals surface area contributed by atoms with Crippen LogP contribution in [0.15, 0.2) is 42.5 Å². The lowest BCUT2D eigenvalue weighted by molar-refractivity contribution is 0.0691. The highest BCUT2D eigenvalue weighted by atomic mass is 79.9. The summed E-state index contributed by atoms with van der Waals surface area (Å²) >= 11 is 0. The minimum absolute atomic E-state index is 0. The van der Waals surface area contributed by atoms with Gasteiger partial charge in [-0.25, -0.2) is 9.78 Å². The Morgan fingerprint density at radius 2 is 1.67 bits per heavy atom. The number of carbonyl (C=O) groups is 1. The van der Waals surface area contributed by atoms with E-state index in [1.54, 1.807) is 39.5 Å². The standard InChI is InChI=1S/C25H26N2O5.BrH/c1-5-6-11-27-19-10-8-7-9-16(19)17-14-18(25(28)29)26-22(23(17)27)15-12-20(30-2)24(32-4)21(13-15)31-3;/h7-10,12-14H,5-6,11H2,1-4H3,(H,28,29);1H. The van der Waals surface area contributed by atoms with E-state index in [0.717, 1.165) is 41.2 Å². The number of carboxylic acid groups (broad SMARTS) is 1. The highest BCUT2D eigenvalue weighted by Crippen LogP contribution is 2.43. The number of fused-ring (bicyclic) bond motifs is 3. The first-order valence-electron chi connectivity index (χ1n) is 10.5. The monoisotopic (exact) mass is 514 g/mol. The number of rotatable bonds is 8. The number of benzene rings is 2. The van der Waals surface area contributed by atoms with E-state index in [4.69, 9.17) is 14.2 Å². The van der Waals surface area contributed by atoms with Gasteiger partial charge in [0.1, 0.15) is 5.69 Å². The van der Waals surface area contributed by atoms with Gasteiger partial charge < -0.3 is 23.9 Å². The molecule has 1 N–H and O–H groups in total. The zero-order valence-electron chi connectivity index (χ0n) is 19.0. The molecule has 0 fully saturated rings. The Labute approximate surface area is 202 Å². The maximum absolute atomic E-state index is 12.0. The van der Waals surface area contributed by atoms with E-state index < -0.39 is 5.97 Å². The number of carboxylic acids is 1. The first-order chi connectivity index (χ1) is 15.5. The van der Waals surface area contributed by atoms with Crippen LogP contribution in [0.4, 0.5) is 0 Å². The van der Waals surface area contributed by atoms with E-state index in [9.17, 15) is 9.90 Å². The van der Waals surface area contributed by atoms with Gasteiger partial charge in [0.25, 0.3) is 0 Å². The number of aryl methyl sites for hydroxylation is 1. The van der Waals surface area contributed by atoms with Crippen molar-refractivity contribution in [2.45, 2.75) is 26.3 Å². The Balaban J connectivity index is 0.00000306. The number of ether oxygens (including phenoxy) is 3. The number of nitrogens with zero attached hydrogens (tertiary/aromatic N) is 2. The summed E-state index contributed by atoms with van der Waals surface area (Å²) in [6, 6.07) is 13.3. The lowest BCUT2D eigenvalue weighted by Gasteiger charge is -2.16. The van der Waals surface area contributed by atoms with Crippen LogP contribution >= 0.6 is 17.0 Å². The van der Waals surface area contributed by atoms with Crippen molar-refractivity contribution < 1.29 is 24.1 Å². The number of hydrogen-bond donors (Lipinski definition) is 1. The van der Waals surface area contributed by atoms with Gasteiger partial charge in [0.2, 0.25) is 5.75 Å². The molecule has 4 aromatic rings. The molecule has 7 nitrogen and oxygen atoms in total. The number of methoxy groups -OCH3 is 3. The van der Waals surface area contributed by atoms with Gasteiger partial charge in [-0.3, -0.25) is 0 Å². The smallest absolute Gasteiger partial charge is 0.354 e. The molecule has 0 spiro atoms. The molecular formula is C25H27BrN2O5. The molecule has 4 rings (SSSR count). The highest BCUT2D eigenvalue weighted by molar-refractivity contribution is 8.93. The first-order valence-corrected chi connectivity index (χ1v) is 10.5. The topological polar surface area (TPSA) is 82.8 Å². The summed E-state index contributed by atoms with van der Waals surface area (Å²) in [5, 5.41) is 11.6. The van der Waals surface area contributed by atoms with Crippen molar-refractivity contribution in [1.29, 1.82) is 0 Å². The number of aromatic carboxylic acids is 1. The van der Waals surface area contributed by atoms with Crippen molar-refractivity contribution in [3.05, 3.63) is 48.2 Å². The number of hydrogen-bond acceptors (Lipinski definition) is 5. The fraction of sp³-hybridized carbons (Fsp3) is 0.280. The molecule has 0 radical (unpaired) electrons. The normalized spacial score (nSPS) is 10.8. The van der Waals surface area contributed by atoms with Gasteiger partial charge >= 0.3 is 5.97 Å². The van der Waals surface area contributed by atoms with E-state index >= 15 is 0 Å². The first kappa shape index (κ1) is 24.4. The summed E-state index contributed by atoms with van der Waals surface area (Å²) in [6.45, 7) is 2.95. The second-order valence-corrected chi connectivity index (χ2v) is 7.49. The molecule has 33 heavy (non-hydrogen) atoms. The SMILES string of the molecule is Br.CCCCn1c2ccccc2c2cc(C(=O)O)nc(-c3cc(OC)c(OC)c(OC)c3)c21. The van der Waals surface area contributed by atoms with Gasteiger partial charge in [-0.05, 0) is 30.7 Å². The van der Waals surface area contributed by atoms with Crippen molar-refractivity contribution in [2.75, 3.05) is 21.3 Å². The third-order valence-electron chi connectivity index (χ3n) is 5.64. The predicted octanol–water partition coefficient (Wildman–Crippen LogP) is 5.96. The number of pyridine rings is 1. The Morgan fingerprint density at radius 3 is 2.24 bits per heavy atom. The van der Waals surface area contributed by atoms with Crippen LogP contribution in [0.25, 0.3) is 33.1 Å². The quantitative estimate of drug-likeness (QED) is 0.312. The van der Waals surface area contributed by atoms with Crippen LogP contribution in [0.2, 0.25) is 0 Å². The number of unbranched alkanes of at least 4 members (excludes halogenated alkanes) is 1. The van der Waals surface area contributed by atoms with Gasteiger partial charge in [-0.2, -0.15) is 0 Å². The molecule has 0 saturated carbocycles. The molecule has 174 valence electrons. The van der Waals surface area contributed by atoms with Crippen molar-refractivity contribution in [3.8, 4) is 28.5 Å². The molecule has 0 amide bonds. The van der Waals surface area contributed by atoms with Crippen LogP contribution in [0, 0.1) is 0 Å². The fourth-order valence-electron chi connectivity index (χ4n) is 4.15. The summed E-state index contributed by atoms with van der Waals surface area (Å²) in [5.74, 6) is 0.351. The fourth-order valence-corrected chi connectivity index (χ4v) is 4.15. The minimum atomic E-state index is -1.08. The molecule has 0 bridgehead atoms. The molecule has 2 aromatic carbocycles. The third-order valence-corrected chi connectivity index (χ3v) is 5.64. The lowest BCUT2D eigenvalue weighted by atomic mass is 10.0. The molecule has 0 aliphatic rings. The summed E-state index contributed by atoms with van der Waals surface area (Å²) in [7, 11) is 4.65. The lowest BCUT2D eigenvalue weighted by Crippen LogP contribution is -2.05. The summed E-state index contributed by atoms with van der Waals surface area (Å²) in [4.78, 5) is 16.5. The van der Waals surface area contributed by atoms with E-state index in [1.807, 2.05) is 18.2 Å². The van der Waals surface area contributed by atoms with Crippen molar-refractivity contribution in [2.24, 2.45) is 0 Å². The van der Waals surface area contributed by atoms with Crippen LogP contribution in [0.5, 0.6) is 17.2 Å².